The van der Waals surface area contributed by atoms with Crippen molar-refractivity contribution >= 4 is 40.5 Å². The van der Waals surface area contributed by atoms with Crippen LogP contribution in [0.15, 0.2) is 23.6 Å². The zero-order valence-corrected chi connectivity index (χ0v) is 14.5. The van der Waals surface area contributed by atoms with Crippen LogP contribution in [0.1, 0.15) is 10.7 Å². The standard InChI is InChI=1S/C15H13ClF2N2O4S/c1-8-19-10(7-25-8)5-14(22)23-6-13(21)20-9-2-3-12(11(16)4-9)24-15(17)18/h2-4,7,15H,5-6H2,1H3,(H,20,21). The van der Waals surface area contributed by atoms with E-state index in [1.165, 1.54) is 29.5 Å². The topological polar surface area (TPSA) is 77.5 Å². The van der Waals surface area contributed by atoms with Crippen LogP contribution in [0.4, 0.5) is 14.5 Å². The number of benzene rings is 1. The molecule has 6 nitrogen and oxygen atoms in total. The fourth-order valence-corrected chi connectivity index (χ4v) is 2.64. The molecule has 0 aliphatic rings. The Hall–Kier alpha value is -2.26. The number of thiazole rings is 1. The van der Waals surface area contributed by atoms with E-state index in [-0.39, 0.29) is 22.9 Å². The van der Waals surface area contributed by atoms with Crippen molar-refractivity contribution < 1.29 is 27.8 Å². The van der Waals surface area contributed by atoms with E-state index < -0.39 is 25.1 Å². The smallest absolute Gasteiger partial charge is 0.387 e. The second-order valence-corrected chi connectivity index (χ2v) is 6.24. The van der Waals surface area contributed by atoms with Gasteiger partial charge in [0.2, 0.25) is 0 Å². The van der Waals surface area contributed by atoms with E-state index in [4.69, 9.17) is 16.3 Å². The third-order valence-corrected chi connectivity index (χ3v) is 3.91. The first kappa shape index (κ1) is 19.1. The van der Waals surface area contributed by atoms with Crippen molar-refractivity contribution in [3.05, 3.63) is 39.3 Å². The summed E-state index contributed by atoms with van der Waals surface area (Å²) in [5.74, 6) is -1.39. The summed E-state index contributed by atoms with van der Waals surface area (Å²) in [4.78, 5) is 27.5. The number of carbonyl (C=O) groups excluding carboxylic acids is 2. The highest BCUT2D eigenvalue weighted by atomic mass is 35.5. The summed E-state index contributed by atoms with van der Waals surface area (Å²) in [7, 11) is 0. The lowest BCUT2D eigenvalue weighted by molar-refractivity contribution is -0.146. The minimum atomic E-state index is -3.00. The van der Waals surface area contributed by atoms with Gasteiger partial charge in [-0.1, -0.05) is 11.6 Å². The van der Waals surface area contributed by atoms with E-state index in [1.807, 2.05) is 6.92 Å². The molecule has 1 amide bonds. The van der Waals surface area contributed by atoms with Gasteiger partial charge in [0.1, 0.15) is 5.75 Å². The van der Waals surface area contributed by atoms with E-state index >= 15 is 0 Å². The molecule has 25 heavy (non-hydrogen) atoms. The number of hydrogen-bond acceptors (Lipinski definition) is 6. The third-order valence-electron chi connectivity index (χ3n) is 2.79. The van der Waals surface area contributed by atoms with Crippen molar-refractivity contribution in [3.63, 3.8) is 0 Å². The van der Waals surface area contributed by atoms with Crippen LogP contribution in [-0.4, -0.2) is 30.1 Å². The number of ether oxygens (including phenoxy) is 2. The number of carbonyl (C=O) groups is 2. The maximum Gasteiger partial charge on any atom is 0.387 e. The predicted molar refractivity (Wildman–Crippen MR) is 88.2 cm³/mol. The van der Waals surface area contributed by atoms with E-state index in [1.54, 1.807) is 5.38 Å². The Labute approximate surface area is 150 Å². The van der Waals surface area contributed by atoms with Crippen LogP contribution in [-0.2, 0) is 20.7 Å². The number of anilines is 1. The number of rotatable bonds is 7. The fraction of sp³-hybridized carbons (Fsp3) is 0.267. The lowest BCUT2D eigenvalue weighted by Crippen LogP contribution is -2.21. The molecule has 0 fully saturated rings. The number of alkyl halides is 2. The van der Waals surface area contributed by atoms with E-state index in [2.05, 4.69) is 15.0 Å². The van der Waals surface area contributed by atoms with Crippen LogP contribution in [0.5, 0.6) is 5.75 Å². The Balaban J connectivity index is 1.81. The zero-order chi connectivity index (χ0) is 18.4. The van der Waals surface area contributed by atoms with Gasteiger partial charge in [-0.3, -0.25) is 9.59 Å². The van der Waals surface area contributed by atoms with Gasteiger partial charge < -0.3 is 14.8 Å². The van der Waals surface area contributed by atoms with Gasteiger partial charge in [-0.05, 0) is 25.1 Å². The fourth-order valence-electron chi connectivity index (χ4n) is 1.80. The molecular weight excluding hydrogens is 378 g/mol. The van der Waals surface area contributed by atoms with Crippen LogP contribution in [0.25, 0.3) is 0 Å². The van der Waals surface area contributed by atoms with Gasteiger partial charge in [0, 0.05) is 11.1 Å². The number of aryl methyl sites for hydroxylation is 1. The number of esters is 1. The molecule has 1 aromatic carbocycles. The number of nitrogens with one attached hydrogen (secondary N) is 1. The van der Waals surface area contributed by atoms with Crippen LogP contribution in [0.3, 0.4) is 0 Å². The largest absolute Gasteiger partial charge is 0.455 e. The first-order valence-corrected chi connectivity index (χ1v) is 8.20. The summed E-state index contributed by atoms with van der Waals surface area (Å²) < 4.78 is 33.3. The molecule has 0 radical (unpaired) electrons. The normalized spacial score (nSPS) is 10.6. The average molecular weight is 391 g/mol. The molecule has 0 aliphatic carbocycles. The monoisotopic (exact) mass is 390 g/mol. The van der Waals surface area contributed by atoms with Gasteiger partial charge in [0.25, 0.3) is 5.91 Å². The molecule has 0 saturated carbocycles. The Bertz CT molecular complexity index is 770. The molecule has 0 bridgehead atoms. The minimum Gasteiger partial charge on any atom is -0.455 e. The molecule has 1 heterocycles. The Morgan fingerprint density at radius 3 is 2.76 bits per heavy atom. The van der Waals surface area contributed by atoms with Crippen LogP contribution >= 0.6 is 22.9 Å². The van der Waals surface area contributed by atoms with Crippen LogP contribution in [0, 0.1) is 6.92 Å². The van der Waals surface area contributed by atoms with Gasteiger partial charge in [0.15, 0.2) is 6.61 Å². The second kappa shape index (κ2) is 8.72. The number of halogens is 3. The summed E-state index contributed by atoms with van der Waals surface area (Å²) in [5.41, 5.74) is 0.831. The van der Waals surface area contributed by atoms with Gasteiger partial charge in [0.05, 0.1) is 22.1 Å². The van der Waals surface area contributed by atoms with Crippen LogP contribution < -0.4 is 10.1 Å². The van der Waals surface area contributed by atoms with Crippen molar-refractivity contribution in [2.75, 3.05) is 11.9 Å². The second-order valence-electron chi connectivity index (χ2n) is 4.77. The van der Waals surface area contributed by atoms with Crippen molar-refractivity contribution in [2.45, 2.75) is 20.0 Å². The Morgan fingerprint density at radius 1 is 1.40 bits per heavy atom. The first-order valence-electron chi connectivity index (χ1n) is 6.94. The predicted octanol–water partition coefficient (Wildman–Crippen LogP) is 3.43. The minimum absolute atomic E-state index is 0.0247. The number of aromatic nitrogens is 1. The molecule has 0 saturated heterocycles. The van der Waals surface area contributed by atoms with Crippen molar-refractivity contribution in [3.8, 4) is 5.75 Å². The molecule has 1 N–H and O–H groups in total. The molecule has 0 atom stereocenters. The highest BCUT2D eigenvalue weighted by molar-refractivity contribution is 7.09. The highest BCUT2D eigenvalue weighted by Gasteiger charge is 2.13. The molecule has 0 unspecified atom stereocenters. The Morgan fingerprint density at radius 2 is 2.16 bits per heavy atom. The number of nitrogens with zero attached hydrogens (tertiary/aromatic N) is 1. The molecule has 0 spiro atoms. The van der Waals surface area contributed by atoms with E-state index in [0.717, 1.165) is 5.01 Å². The van der Waals surface area contributed by atoms with Crippen molar-refractivity contribution in [1.29, 1.82) is 0 Å². The Kier molecular flexibility index (Phi) is 6.65. The molecule has 10 heteroatoms. The lowest BCUT2D eigenvalue weighted by Gasteiger charge is -2.10. The molecule has 2 aromatic rings. The average Bonchev–Trinajstić information content (AvgIpc) is 2.93. The number of hydrogen-bond donors (Lipinski definition) is 1. The van der Waals surface area contributed by atoms with Gasteiger partial charge in [-0.2, -0.15) is 8.78 Å². The van der Waals surface area contributed by atoms with Gasteiger partial charge in [-0.25, -0.2) is 4.98 Å². The SMILES string of the molecule is Cc1nc(CC(=O)OCC(=O)Nc2ccc(OC(F)F)c(Cl)c2)cs1. The summed E-state index contributed by atoms with van der Waals surface area (Å²) in [6.07, 6.45) is -0.0247. The summed E-state index contributed by atoms with van der Waals surface area (Å²) in [6, 6.07) is 3.78. The number of amides is 1. The summed E-state index contributed by atoms with van der Waals surface area (Å²) in [5, 5.41) is 4.91. The first-order chi connectivity index (χ1) is 11.8. The molecule has 134 valence electrons. The summed E-state index contributed by atoms with van der Waals surface area (Å²) >= 11 is 7.19. The maximum absolute atomic E-state index is 12.1. The van der Waals surface area contributed by atoms with Gasteiger partial charge >= 0.3 is 12.6 Å². The summed E-state index contributed by atoms with van der Waals surface area (Å²) in [6.45, 7) is -1.68. The van der Waals surface area contributed by atoms with Crippen molar-refractivity contribution in [2.24, 2.45) is 0 Å². The van der Waals surface area contributed by atoms with E-state index in [9.17, 15) is 18.4 Å². The maximum atomic E-state index is 12.1. The quantitative estimate of drug-likeness (QED) is 0.733. The zero-order valence-electron chi connectivity index (χ0n) is 12.9. The van der Waals surface area contributed by atoms with Crippen molar-refractivity contribution in [1.82, 2.24) is 4.98 Å². The molecule has 1 aromatic heterocycles. The molecule has 0 aliphatic heterocycles. The molecule has 2 rings (SSSR count). The third kappa shape index (κ3) is 6.28. The van der Waals surface area contributed by atoms with E-state index in [0.29, 0.717) is 5.69 Å². The lowest BCUT2D eigenvalue weighted by atomic mass is 10.3. The van der Waals surface area contributed by atoms with Crippen LogP contribution in [0.2, 0.25) is 5.02 Å². The highest BCUT2D eigenvalue weighted by Crippen LogP contribution is 2.28. The molecular formula is C15H13ClF2N2O4S. The van der Waals surface area contributed by atoms with Gasteiger partial charge in [-0.15, -0.1) is 11.3 Å².